The van der Waals surface area contributed by atoms with E-state index in [0.717, 1.165) is 4.90 Å². The monoisotopic (exact) mass is 422 g/mol. The molecule has 7 nitrogen and oxygen atoms in total. The van der Waals surface area contributed by atoms with E-state index in [4.69, 9.17) is 23.2 Å². The fraction of sp³-hybridized carbons (Fsp3) is 0.438. The molecule has 1 aliphatic heterocycles. The Labute approximate surface area is 168 Å². The highest BCUT2D eigenvalue weighted by atomic mass is 35.5. The van der Waals surface area contributed by atoms with E-state index in [9.17, 15) is 14.4 Å². The summed E-state index contributed by atoms with van der Waals surface area (Å²) < 4.78 is 0. The second-order valence-electron chi connectivity index (χ2n) is 5.81. The molecule has 4 amide bonds. The van der Waals surface area contributed by atoms with Crippen LogP contribution in [-0.2, 0) is 9.59 Å². The van der Waals surface area contributed by atoms with Crippen LogP contribution in [0.4, 0.5) is 10.5 Å². The molecule has 1 fully saturated rings. The largest absolute Gasteiger partial charge is 0.355 e. The molecule has 0 aromatic heterocycles. The first-order chi connectivity index (χ1) is 11.8. The third-order valence-corrected chi connectivity index (χ3v) is 4.68. The maximum atomic E-state index is 12.5. The molecule has 1 aliphatic rings. The van der Waals surface area contributed by atoms with Gasteiger partial charge >= 0.3 is 6.03 Å². The van der Waals surface area contributed by atoms with E-state index in [2.05, 4.69) is 16.0 Å². The van der Waals surface area contributed by atoms with Gasteiger partial charge in [-0.15, -0.1) is 12.4 Å². The number of nitrogens with zero attached hydrogens (tertiary/aromatic N) is 1. The van der Waals surface area contributed by atoms with Crippen molar-refractivity contribution in [3.8, 4) is 0 Å². The van der Waals surface area contributed by atoms with Crippen molar-refractivity contribution in [1.82, 2.24) is 16.0 Å². The Balaban J connectivity index is 0.00000338. The van der Waals surface area contributed by atoms with Gasteiger partial charge in [-0.2, -0.15) is 0 Å². The van der Waals surface area contributed by atoms with Crippen molar-refractivity contribution in [1.29, 1.82) is 0 Å². The van der Waals surface area contributed by atoms with Crippen molar-refractivity contribution < 1.29 is 14.4 Å². The first-order valence-electron chi connectivity index (χ1n) is 7.87. The Kier molecular flexibility index (Phi) is 8.62. The van der Waals surface area contributed by atoms with Crippen LogP contribution >= 0.6 is 35.6 Å². The van der Waals surface area contributed by atoms with Crippen LogP contribution in [0.2, 0.25) is 10.0 Å². The molecule has 3 N–H and O–H groups in total. The highest BCUT2D eigenvalue weighted by Crippen LogP contribution is 2.29. The molecule has 10 heteroatoms. The molecular formula is C16H21Cl3N4O3. The zero-order chi connectivity index (χ0) is 18.6. The zero-order valence-corrected chi connectivity index (χ0v) is 16.7. The fourth-order valence-electron chi connectivity index (χ4n) is 2.33. The third-order valence-electron chi connectivity index (χ3n) is 3.94. The number of carbonyl (C=O) groups excluding carboxylic acids is 3. The maximum absolute atomic E-state index is 12.5. The number of anilines is 1. The molecular weight excluding hydrogens is 403 g/mol. The van der Waals surface area contributed by atoms with Gasteiger partial charge in [0.15, 0.2) is 0 Å². The normalized spacial score (nSPS) is 17.5. The number of amides is 4. The number of hydrogen-bond donors (Lipinski definition) is 3. The molecule has 2 rings (SSSR count). The smallest absolute Gasteiger partial charge is 0.329 e. The minimum absolute atomic E-state index is 0. The molecule has 1 aromatic rings. The Hall–Kier alpha value is -1.54. The number of benzene rings is 1. The van der Waals surface area contributed by atoms with Crippen molar-refractivity contribution in [2.45, 2.75) is 31.8 Å². The summed E-state index contributed by atoms with van der Waals surface area (Å²) in [6.45, 7) is 2.44. The van der Waals surface area contributed by atoms with Crippen LogP contribution < -0.4 is 20.9 Å². The quantitative estimate of drug-likeness (QED) is 0.587. The summed E-state index contributed by atoms with van der Waals surface area (Å²) >= 11 is 11.8. The Morgan fingerprint density at radius 1 is 1.31 bits per heavy atom. The van der Waals surface area contributed by atoms with E-state index in [0.29, 0.717) is 17.3 Å². The number of urea groups is 1. The number of likely N-dealkylation sites (N-methyl/N-ethyl adjacent to an activating group) is 1. The summed E-state index contributed by atoms with van der Waals surface area (Å²) in [7, 11) is 1.81. The van der Waals surface area contributed by atoms with Crippen molar-refractivity contribution in [2.24, 2.45) is 0 Å². The molecule has 2 atom stereocenters. The molecule has 1 saturated heterocycles. The minimum Gasteiger partial charge on any atom is -0.355 e. The van der Waals surface area contributed by atoms with Crippen molar-refractivity contribution in [3.63, 3.8) is 0 Å². The van der Waals surface area contributed by atoms with Crippen LogP contribution in [0, 0.1) is 0 Å². The fourth-order valence-corrected chi connectivity index (χ4v) is 2.62. The van der Waals surface area contributed by atoms with Crippen LogP contribution in [0.25, 0.3) is 0 Å². The van der Waals surface area contributed by atoms with E-state index in [-0.39, 0.29) is 42.2 Å². The van der Waals surface area contributed by atoms with Gasteiger partial charge in [0.1, 0.15) is 6.04 Å². The highest BCUT2D eigenvalue weighted by Gasteiger charge is 2.39. The van der Waals surface area contributed by atoms with Gasteiger partial charge in [0.2, 0.25) is 5.91 Å². The van der Waals surface area contributed by atoms with Crippen LogP contribution in [0.5, 0.6) is 0 Å². The lowest BCUT2D eigenvalue weighted by atomic mass is 10.1. The average Bonchev–Trinajstić information content (AvgIpc) is 2.87. The second-order valence-corrected chi connectivity index (χ2v) is 6.62. The van der Waals surface area contributed by atoms with Crippen molar-refractivity contribution in [2.75, 3.05) is 18.5 Å². The molecule has 0 saturated carbocycles. The number of nitrogens with one attached hydrogen (secondary N) is 3. The number of rotatable bonds is 7. The topological polar surface area (TPSA) is 90.5 Å². The van der Waals surface area contributed by atoms with Crippen molar-refractivity contribution in [3.05, 3.63) is 28.2 Å². The summed E-state index contributed by atoms with van der Waals surface area (Å²) in [5.74, 6) is -0.586. The van der Waals surface area contributed by atoms with Crippen LogP contribution in [0.3, 0.4) is 0 Å². The van der Waals surface area contributed by atoms with E-state index < -0.39 is 18.0 Å². The molecule has 0 aliphatic carbocycles. The average molecular weight is 424 g/mol. The number of carbonyl (C=O) groups is 3. The lowest BCUT2D eigenvalue weighted by Crippen LogP contribution is -2.38. The minimum atomic E-state index is -0.741. The first kappa shape index (κ1) is 22.5. The Bertz CT molecular complexity index is 687. The summed E-state index contributed by atoms with van der Waals surface area (Å²) in [6.07, 6.45) is 0.366. The zero-order valence-electron chi connectivity index (χ0n) is 14.3. The molecule has 0 bridgehead atoms. The first-order valence-corrected chi connectivity index (χ1v) is 8.62. The molecule has 2 unspecified atom stereocenters. The maximum Gasteiger partial charge on any atom is 0.329 e. The van der Waals surface area contributed by atoms with Crippen LogP contribution in [0.1, 0.15) is 19.8 Å². The second kappa shape index (κ2) is 9.97. The predicted molar refractivity (Wildman–Crippen MR) is 104 cm³/mol. The molecule has 1 heterocycles. The van der Waals surface area contributed by atoms with E-state index in [1.165, 1.54) is 12.1 Å². The van der Waals surface area contributed by atoms with E-state index in [1.807, 2.05) is 6.92 Å². The molecule has 0 spiro atoms. The highest BCUT2D eigenvalue weighted by molar-refractivity contribution is 6.42. The standard InChI is InChI=1S/C16H20Cl2N4O3.ClH/c1-9(19-2)8-20-14(23)6-5-13-15(24)22(16(25)21-13)10-3-4-11(17)12(18)7-10;/h3-4,7,9,13,19H,5-6,8H2,1-2H3,(H,20,23)(H,21,25);1H. The van der Waals surface area contributed by atoms with Gasteiger partial charge in [0, 0.05) is 19.0 Å². The summed E-state index contributed by atoms with van der Waals surface area (Å²) in [5, 5.41) is 8.95. The lowest BCUT2D eigenvalue weighted by molar-refractivity contribution is -0.121. The third kappa shape index (κ3) is 5.48. The van der Waals surface area contributed by atoms with Gasteiger partial charge < -0.3 is 16.0 Å². The molecule has 144 valence electrons. The molecule has 1 aromatic carbocycles. The summed E-state index contributed by atoms with van der Waals surface area (Å²) in [4.78, 5) is 37.4. The van der Waals surface area contributed by atoms with Gasteiger partial charge in [-0.25, -0.2) is 9.69 Å². The molecule has 0 radical (unpaired) electrons. The van der Waals surface area contributed by atoms with E-state index in [1.54, 1.807) is 13.1 Å². The van der Waals surface area contributed by atoms with Gasteiger partial charge in [-0.3, -0.25) is 9.59 Å². The van der Waals surface area contributed by atoms with Crippen LogP contribution in [-0.4, -0.2) is 43.5 Å². The number of hydrogen-bond acceptors (Lipinski definition) is 4. The predicted octanol–water partition coefficient (Wildman–Crippen LogP) is 2.34. The number of imide groups is 1. The lowest BCUT2D eigenvalue weighted by Gasteiger charge is -2.14. The summed E-state index contributed by atoms with van der Waals surface area (Å²) in [6, 6.07) is 3.38. The van der Waals surface area contributed by atoms with Gasteiger partial charge in [0.25, 0.3) is 5.91 Å². The van der Waals surface area contributed by atoms with Gasteiger partial charge in [-0.1, -0.05) is 23.2 Å². The van der Waals surface area contributed by atoms with Gasteiger partial charge in [-0.05, 0) is 38.6 Å². The summed E-state index contributed by atoms with van der Waals surface area (Å²) in [5.41, 5.74) is 0.340. The van der Waals surface area contributed by atoms with E-state index >= 15 is 0 Å². The van der Waals surface area contributed by atoms with Crippen molar-refractivity contribution >= 4 is 59.1 Å². The van der Waals surface area contributed by atoms with Crippen LogP contribution in [0.15, 0.2) is 18.2 Å². The Morgan fingerprint density at radius 3 is 2.62 bits per heavy atom. The number of halogens is 3. The molecule has 26 heavy (non-hydrogen) atoms. The SMILES string of the molecule is CNC(C)CNC(=O)CCC1NC(=O)N(c2ccc(Cl)c(Cl)c2)C1=O.Cl. The van der Waals surface area contributed by atoms with Gasteiger partial charge in [0.05, 0.1) is 15.7 Å². The Morgan fingerprint density at radius 2 is 2.00 bits per heavy atom.